The van der Waals surface area contributed by atoms with Crippen LogP contribution in [0.2, 0.25) is 0 Å². The average Bonchev–Trinajstić information content (AvgIpc) is 3.34. The molecule has 26 heavy (non-hydrogen) atoms. The molecule has 1 aliphatic heterocycles. The van der Waals surface area contributed by atoms with Gasteiger partial charge in [0, 0.05) is 50.7 Å². The molecule has 0 aliphatic carbocycles. The molecule has 4 heterocycles. The fourth-order valence-electron chi connectivity index (χ4n) is 3.12. The van der Waals surface area contributed by atoms with Crippen molar-refractivity contribution in [2.24, 2.45) is 0 Å². The van der Waals surface area contributed by atoms with Gasteiger partial charge in [0.25, 0.3) is 5.91 Å². The zero-order valence-electron chi connectivity index (χ0n) is 14.4. The maximum Gasteiger partial charge on any atom is 0.289 e. The molecule has 1 fully saturated rings. The van der Waals surface area contributed by atoms with Gasteiger partial charge in [-0.3, -0.25) is 9.69 Å². The van der Waals surface area contributed by atoms with E-state index in [0.717, 1.165) is 48.9 Å². The molecule has 0 spiro atoms. The summed E-state index contributed by atoms with van der Waals surface area (Å²) >= 11 is 1.64. The molecule has 3 aromatic rings. The van der Waals surface area contributed by atoms with Gasteiger partial charge in [-0.05, 0) is 30.0 Å². The van der Waals surface area contributed by atoms with E-state index in [2.05, 4.69) is 14.9 Å². The molecule has 0 unspecified atom stereocenters. The summed E-state index contributed by atoms with van der Waals surface area (Å²) in [6.07, 6.45) is 6.29. The molecule has 3 aromatic heterocycles. The molecule has 134 valence electrons. The Labute approximate surface area is 156 Å². The van der Waals surface area contributed by atoms with E-state index in [1.165, 1.54) is 6.26 Å². The molecular formula is C19H20N4O2S. The van der Waals surface area contributed by atoms with Crippen LogP contribution in [0.15, 0.2) is 52.7 Å². The van der Waals surface area contributed by atoms with Crippen molar-refractivity contribution in [3.63, 3.8) is 0 Å². The van der Waals surface area contributed by atoms with Crippen molar-refractivity contribution >= 4 is 17.2 Å². The van der Waals surface area contributed by atoms with Crippen LogP contribution in [0.1, 0.15) is 22.5 Å². The Morgan fingerprint density at radius 1 is 1.12 bits per heavy atom. The zero-order valence-corrected chi connectivity index (χ0v) is 15.2. The first kappa shape index (κ1) is 16.9. The lowest BCUT2D eigenvalue weighted by atomic mass is 10.3. The molecule has 0 atom stereocenters. The van der Waals surface area contributed by atoms with Crippen LogP contribution >= 0.6 is 11.3 Å². The Kier molecular flexibility index (Phi) is 5.08. The summed E-state index contributed by atoms with van der Waals surface area (Å²) in [4.78, 5) is 26.7. The normalized spacial score (nSPS) is 15.8. The third-order valence-electron chi connectivity index (χ3n) is 4.46. The molecule has 1 saturated heterocycles. The summed E-state index contributed by atoms with van der Waals surface area (Å²) in [6.45, 7) is 4.04. The number of hydrogen-bond acceptors (Lipinski definition) is 6. The van der Waals surface area contributed by atoms with Crippen LogP contribution in [0.4, 0.5) is 0 Å². The molecular weight excluding hydrogens is 348 g/mol. The van der Waals surface area contributed by atoms with Gasteiger partial charge in [0.05, 0.1) is 11.1 Å². The number of hydrogen-bond donors (Lipinski definition) is 0. The number of aromatic nitrogens is 2. The van der Waals surface area contributed by atoms with Crippen molar-refractivity contribution in [2.75, 3.05) is 26.2 Å². The van der Waals surface area contributed by atoms with Gasteiger partial charge in [-0.15, -0.1) is 11.3 Å². The van der Waals surface area contributed by atoms with Crippen LogP contribution < -0.4 is 0 Å². The standard InChI is InChI=1S/C19H20N4O2S/c24-19(16-4-1-10-25-16)23-7-3-6-22(8-9-23)14-15-12-20-18(21-13-15)17-5-2-11-26-17/h1-2,4-5,10-13H,3,6-9,14H2. The van der Waals surface area contributed by atoms with Crippen LogP contribution in [0.25, 0.3) is 10.7 Å². The van der Waals surface area contributed by atoms with Crippen molar-refractivity contribution in [3.8, 4) is 10.7 Å². The van der Waals surface area contributed by atoms with Gasteiger partial charge < -0.3 is 9.32 Å². The fourth-order valence-corrected chi connectivity index (χ4v) is 3.79. The number of thiophene rings is 1. The molecule has 0 aromatic carbocycles. The van der Waals surface area contributed by atoms with Gasteiger partial charge in [-0.25, -0.2) is 9.97 Å². The Hall–Kier alpha value is -2.51. The number of carbonyl (C=O) groups excluding carboxylic acids is 1. The van der Waals surface area contributed by atoms with E-state index in [0.29, 0.717) is 12.3 Å². The SMILES string of the molecule is O=C(c1ccco1)N1CCCN(Cc2cnc(-c3cccs3)nc2)CC1. The summed E-state index contributed by atoms with van der Waals surface area (Å²) in [7, 11) is 0. The minimum absolute atomic E-state index is 0.0273. The van der Waals surface area contributed by atoms with E-state index in [4.69, 9.17) is 4.42 Å². The number of furan rings is 1. The molecule has 0 radical (unpaired) electrons. The van der Waals surface area contributed by atoms with E-state index in [9.17, 15) is 4.79 Å². The van der Waals surface area contributed by atoms with Crippen molar-refractivity contribution < 1.29 is 9.21 Å². The third-order valence-corrected chi connectivity index (χ3v) is 5.33. The summed E-state index contributed by atoms with van der Waals surface area (Å²) in [5, 5.41) is 2.03. The Morgan fingerprint density at radius 3 is 2.73 bits per heavy atom. The lowest BCUT2D eigenvalue weighted by Gasteiger charge is -2.21. The highest BCUT2D eigenvalue weighted by molar-refractivity contribution is 7.13. The lowest BCUT2D eigenvalue weighted by Crippen LogP contribution is -2.34. The molecule has 4 rings (SSSR count). The van der Waals surface area contributed by atoms with Crippen LogP contribution in [0.5, 0.6) is 0 Å². The topological polar surface area (TPSA) is 62.5 Å². The number of amides is 1. The highest BCUT2D eigenvalue weighted by atomic mass is 32.1. The van der Waals surface area contributed by atoms with Crippen molar-refractivity contribution in [1.29, 1.82) is 0 Å². The van der Waals surface area contributed by atoms with E-state index in [-0.39, 0.29) is 5.91 Å². The molecule has 6 nitrogen and oxygen atoms in total. The number of carbonyl (C=O) groups is 1. The van der Waals surface area contributed by atoms with E-state index >= 15 is 0 Å². The molecule has 7 heteroatoms. The van der Waals surface area contributed by atoms with E-state index < -0.39 is 0 Å². The Balaban J connectivity index is 1.35. The van der Waals surface area contributed by atoms with E-state index in [1.54, 1.807) is 23.5 Å². The van der Waals surface area contributed by atoms with Gasteiger partial charge in [-0.2, -0.15) is 0 Å². The minimum Gasteiger partial charge on any atom is -0.459 e. The second kappa shape index (κ2) is 7.80. The van der Waals surface area contributed by atoms with Crippen molar-refractivity contribution in [3.05, 3.63) is 59.6 Å². The average molecular weight is 368 g/mol. The zero-order chi connectivity index (χ0) is 17.8. The largest absolute Gasteiger partial charge is 0.459 e. The van der Waals surface area contributed by atoms with Crippen LogP contribution in [0, 0.1) is 0 Å². The van der Waals surface area contributed by atoms with Gasteiger partial charge in [0.1, 0.15) is 0 Å². The van der Waals surface area contributed by atoms with Crippen LogP contribution in [-0.4, -0.2) is 51.9 Å². The second-order valence-corrected chi connectivity index (χ2v) is 7.24. The third kappa shape index (κ3) is 3.84. The molecule has 1 aliphatic rings. The lowest BCUT2D eigenvalue weighted by molar-refractivity contribution is 0.0729. The van der Waals surface area contributed by atoms with Gasteiger partial charge in [-0.1, -0.05) is 6.07 Å². The van der Waals surface area contributed by atoms with Crippen molar-refractivity contribution in [1.82, 2.24) is 19.8 Å². The van der Waals surface area contributed by atoms with Crippen LogP contribution in [-0.2, 0) is 6.54 Å². The predicted octanol–water partition coefficient (Wildman–Crippen LogP) is 3.15. The molecule has 0 bridgehead atoms. The number of rotatable bonds is 4. The highest BCUT2D eigenvalue weighted by Gasteiger charge is 2.22. The summed E-state index contributed by atoms with van der Waals surface area (Å²) in [5.74, 6) is 1.16. The second-order valence-electron chi connectivity index (χ2n) is 6.29. The van der Waals surface area contributed by atoms with Gasteiger partial charge >= 0.3 is 0 Å². The van der Waals surface area contributed by atoms with E-state index in [1.807, 2.05) is 34.8 Å². The predicted molar refractivity (Wildman–Crippen MR) is 99.9 cm³/mol. The first-order valence-corrected chi connectivity index (χ1v) is 9.57. The first-order valence-electron chi connectivity index (χ1n) is 8.69. The quantitative estimate of drug-likeness (QED) is 0.708. The smallest absolute Gasteiger partial charge is 0.289 e. The van der Waals surface area contributed by atoms with Gasteiger partial charge in [0.2, 0.25) is 0 Å². The molecule has 1 amide bonds. The molecule has 0 N–H and O–H groups in total. The maximum absolute atomic E-state index is 12.4. The Morgan fingerprint density at radius 2 is 2.00 bits per heavy atom. The highest BCUT2D eigenvalue weighted by Crippen LogP contribution is 2.20. The maximum atomic E-state index is 12.4. The summed E-state index contributed by atoms with van der Waals surface area (Å²) < 4.78 is 5.23. The molecule has 0 saturated carbocycles. The van der Waals surface area contributed by atoms with Gasteiger partial charge in [0.15, 0.2) is 11.6 Å². The summed E-state index contributed by atoms with van der Waals surface area (Å²) in [5.41, 5.74) is 1.09. The minimum atomic E-state index is -0.0273. The Bertz CT molecular complexity index is 831. The fraction of sp³-hybridized carbons (Fsp3) is 0.316. The van der Waals surface area contributed by atoms with Crippen LogP contribution in [0.3, 0.4) is 0 Å². The summed E-state index contributed by atoms with van der Waals surface area (Å²) in [6, 6.07) is 7.50. The monoisotopic (exact) mass is 368 g/mol. The number of nitrogens with zero attached hydrogens (tertiary/aromatic N) is 4. The van der Waals surface area contributed by atoms with Crippen molar-refractivity contribution in [2.45, 2.75) is 13.0 Å². The first-order chi connectivity index (χ1) is 12.8.